The lowest BCUT2D eigenvalue weighted by Crippen LogP contribution is -2.29. The maximum atomic E-state index is 13.8. The Labute approximate surface area is 267 Å². The van der Waals surface area contributed by atoms with Gasteiger partial charge in [0.15, 0.2) is 16.6 Å². The molecule has 1 N–H and O–H groups in total. The number of ether oxygens (including phenoxy) is 4. The zero-order valence-electron chi connectivity index (χ0n) is 26.2. The number of carbonyl (C=O) groups is 2. The number of benzene rings is 3. The van der Waals surface area contributed by atoms with Crippen molar-refractivity contribution in [2.75, 3.05) is 31.8 Å². The van der Waals surface area contributed by atoms with Crippen molar-refractivity contribution in [3.8, 4) is 23.0 Å². The number of nitrogens with zero attached hydrogens (tertiary/aromatic N) is 2. The van der Waals surface area contributed by atoms with Gasteiger partial charge in [-0.05, 0) is 73.7 Å². The number of hydrogen-bond acceptors (Lipinski definition) is 9. The zero-order valence-corrected chi connectivity index (χ0v) is 27.0. The smallest absolute Gasteiger partial charge is 0.301 e. The Hall–Kier alpha value is -4.57. The van der Waals surface area contributed by atoms with Crippen LogP contribution in [0.2, 0.25) is 0 Å². The normalized spacial score (nSPS) is 16.0. The largest absolute Gasteiger partial charge is 0.507 e. The van der Waals surface area contributed by atoms with Crippen molar-refractivity contribution in [3.63, 3.8) is 0 Å². The van der Waals surface area contributed by atoms with Gasteiger partial charge in [-0.25, -0.2) is 4.98 Å². The number of amides is 1. The number of fused-ring (bicyclic) bond motifs is 1. The van der Waals surface area contributed by atoms with Gasteiger partial charge in [-0.3, -0.25) is 14.5 Å². The molecule has 0 aliphatic carbocycles. The van der Waals surface area contributed by atoms with Gasteiger partial charge in [0.25, 0.3) is 5.78 Å². The lowest BCUT2D eigenvalue weighted by molar-refractivity contribution is -0.132. The van der Waals surface area contributed by atoms with Crippen LogP contribution in [-0.2, 0) is 9.59 Å². The van der Waals surface area contributed by atoms with Crippen LogP contribution in [0, 0.1) is 5.92 Å². The van der Waals surface area contributed by atoms with E-state index in [0.29, 0.717) is 70.5 Å². The molecule has 1 aliphatic rings. The van der Waals surface area contributed by atoms with E-state index in [-0.39, 0.29) is 11.3 Å². The number of ketones is 1. The van der Waals surface area contributed by atoms with Crippen molar-refractivity contribution in [1.82, 2.24) is 4.98 Å². The van der Waals surface area contributed by atoms with Gasteiger partial charge in [0, 0.05) is 5.56 Å². The van der Waals surface area contributed by atoms with Gasteiger partial charge in [0.1, 0.15) is 17.3 Å². The predicted octanol–water partition coefficient (Wildman–Crippen LogP) is 7.54. The van der Waals surface area contributed by atoms with E-state index in [2.05, 4.69) is 13.8 Å². The number of thiazole rings is 1. The first-order valence-electron chi connectivity index (χ1n) is 15.1. The standard InChI is InChI=1S/C35H38N2O7S/c1-6-16-43-24-10-8-9-23(18-24)32(38)30-31(22-11-14-27(28(19-22)41-5)44-17-15-21(3)4)37(34(40)33(30)39)35-36-26-13-12-25(42-7-2)20-29(26)45-35/h8-14,18-21,31,38H,6-7,15-17H2,1-5H3. The molecule has 1 amide bonds. The second-order valence-corrected chi connectivity index (χ2v) is 12.1. The Bertz CT molecular complexity index is 1730. The van der Waals surface area contributed by atoms with Gasteiger partial charge in [-0.1, -0.05) is 50.3 Å². The van der Waals surface area contributed by atoms with Gasteiger partial charge in [0.2, 0.25) is 0 Å². The second kappa shape index (κ2) is 14.0. The Morgan fingerprint density at radius 1 is 0.956 bits per heavy atom. The minimum atomic E-state index is -0.990. The van der Waals surface area contributed by atoms with Crippen LogP contribution in [0.3, 0.4) is 0 Å². The molecule has 1 fully saturated rings. The molecule has 9 nitrogen and oxygen atoms in total. The summed E-state index contributed by atoms with van der Waals surface area (Å²) in [4.78, 5) is 33.7. The van der Waals surface area contributed by atoms with E-state index in [1.807, 2.05) is 32.0 Å². The quantitative estimate of drug-likeness (QED) is 0.0917. The van der Waals surface area contributed by atoms with Crippen LogP contribution in [0.15, 0.2) is 66.2 Å². The fourth-order valence-electron chi connectivity index (χ4n) is 5.08. The van der Waals surface area contributed by atoms with Crippen molar-refractivity contribution >= 4 is 44.1 Å². The van der Waals surface area contributed by atoms with Crippen molar-refractivity contribution in [3.05, 3.63) is 77.4 Å². The van der Waals surface area contributed by atoms with Gasteiger partial charge in [-0.15, -0.1) is 0 Å². The highest BCUT2D eigenvalue weighted by Crippen LogP contribution is 2.46. The van der Waals surface area contributed by atoms with Crippen LogP contribution in [0.25, 0.3) is 16.0 Å². The average Bonchev–Trinajstić information content (AvgIpc) is 3.57. The summed E-state index contributed by atoms with van der Waals surface area (Å²) in [5.74, 6) is 0.779. The van der Waals surface area contributed by atoms with Gasteiger partial charge >= 0.3 is 5.91 Å². The third-order valence-corrected chi connectivity index (χ3v) is 8.36. The topological polar surface area (TPSA) is 107 Å². The Morgan fingerprint density at radius 3 is 2.49 bits per heavy atom. The van der Waals surface area contributed by atoms with E-state index >= 15 is 0 Å². The molecule has 0 bridgehead atoms. The van der Waals surface area contributed by atoms with Crippen molar-refractivity contribution < 1.29 is 33.6 Å². The van der Waals surface area contributed by atoms with Crippen molar-refractivity contribution in [1.29, 1.82) is 0 Å². The number of methoxy groups -OCH3 is 1. The summed E-state index contributed by atoms with van der Waals surface area (Å²) in [5, 5.41) is 12.0. The number of carbonyl (C=O) groups excluding carboxylic acids is 2. The number of aliphatic hydroxyl groups is 1. The van der Waals surface area contributed by atoms with Crippen molar-refractivity contribution in [2.45, 2.75) is 46.6 Å². The second-order valence-electron chi connectivity index (χ2n) is 11.0. The molecule has 1 unspecified atom stereocenters. The van der Waals surface area contributed by atoms with Crippen LogP contribution in [0.5, 0.6) is 23.0 Å². The third-order valence-electron chi connectivity index (χ3n) is 7.35. The predicted molar refractivity (Wildman–Crippen MR) is 176 cm³/mol. The highest BCUT2D eigenvalue weighted by Gasteiger charge is 2.48. The summed E-state index contributed by atoms with van der Waals surface area (Å²) in [7, 11) is 1.54. The van der Waals surface area contributed by atoms with E-state index in [0.717, 1.165) is 17.5 Å². The molecule has 1 saturated heterocycles. The highest BCUT2D eigenvalue weighted by molar-refractivity contribution is 7.22. The summed E-state index contributed by atoms with van der Waals surface area (Å²) < 4.78 is 23.9. The van der Waals surface area contributed by atoms with Crippen LogP contribution in [0.1, 0.15) is 57.7 Å². The molecule has 0 spiro atoms. The number of anilines is 1. The summed E-state index contributed by atoms with van der Waals surface area (Å²) in [6, 6.07) is 16.7. The summed E-state index contributed by atoms with van der Waals surface area (Å²) in [6.45, 7) is 9.67. The molecule has 0 radical (unpaired) electrons. The SMILES string of the molecule is CCCOc1cccc(C(O)=C2C(=O)C(=O)N(c3nc4ccc(OCC)cc4s3)C2c2ccc(OCCC(C)C)c(OC)c2)c1. The Morgan fingerprint density at radius 2 is 1.76 bits per heavy atom. The lowest BCUT2D eigenvalue weighted by Gasteiger charge is -2.24. The molecule has 236 valence electrons. The minimum Gasteiger partial charge on any atom is -0.507 e. The maximum Gasteiger partial charge on any atom is 0.301 e. The van der Waals surface area contributed by atoms with Crippen LogP contribution < -0.4 is 23.8 Å². The first-order chi connectivity index (χ1) is 21.7. The number of aliphatic hydroxyl groups excluding tert-OH is 1. The number of aromatic nitrogens is 1. The molecule has 5 rings (SSSR count). The fourth-order valence-corrected chi connectivity index (χ4v) is 6.10. The third kappa shape index (κ3) is 6.76. The Balaban J connectivity index is 1.64. The van der Waals surface area contributed by atoms with E-state index in [4.69, 9.17) is 23.9 Å². The van der Waals surface area contributed by atoms with E-state index in [1.54, 1.807) is 42.5 Å². The van der Waals surface area contributed by atoms with Crippen LogP contribution in [-0.4, -0.2) is 48.7 Å². The molecular formula is C35H38N2O7S. The molecule has 4 aromatic rings. The fraction of sp³-hybridized carbons (Fsp3) is 0.343. The Kier molecular flexibility index (Phi) is 9.93. The molecule has 1 aliphatic heterocycles. The molecule has 2 heterocycles. The molecule has 1 atom stereocenters. The first-order valence-corrected chi connectivity index (χ1v) is 16.0. The number of hydrogen-bond donors (Lipinski definition) is 1. The lowest BCUT2D eigenvalue weighted by atomic mass is 9.95. The summed E-state index contributed by atoms with van der Waals surface area (Å²) in [5.41, 5.74) is 1.51. The molecular weight excluding hydrogens is 592 g/mol. The van der Waals surface area contributed by atoms with E-state index in [1.165, 1.54) is 23.3 Å². The first kappa shape index (κ1) is 31.8. The highest BCUT2D eigenvalue weighted by atomic mass is 32.1. The summed E-state index contributed by atoms with van der Waals surface area (Å²) >= 11 is 1.27. The minimum absolute atomic E-state index is 0.0579. The van der Waals surface area contributed by atoms with Crippen LogP contribution >= 0.6 is 11.3 Å². The van der Waals surface area contributed by atoms with Gasteiger partial charge < -0.3 is 24.1 Å². The molecule has 1 aromatic heterocycles. The zero-order chi connectivity index (χ0) is 32.1. The molecule has 0 saturated carbocycles. The van der Waals surface area contributed by atoms with E-state index < -0.39 is 17.7 Å². The van der Waals surface area contributed by atoms with Gasteiger partial charge in [-0.2, -0.15) is 0 Å². The van der Waals surface area contributed by atoms with E-state index in [9.17, 15) is 14.7 Å². The van der Waals surface area contributed by atoms with Crippen LogP contribution in [0.4, 0.5) is 5.13 Å². The molecule has 10 heteroatoms. The molecule has 3 aromatic carbocycles. The molecule has 45 heavy (non-hydrogen) atoms. The summed E-state index contributed by atoms with van der Waals surface area (Å²) in [6.07, 6.45) is 1.68. The van der Waals surface area contributed by atoms with Crippen molar-refractivity contribution in [2.24, 2.45) is 5.92 Å². The average molecular weight is 631 g/mol. The monoisotopic (exact) mass is 630 g/mol. The maximum absolute atomic E-state index is 13.8. The number of rotatable bonds is 13. The number of Topliss-reactive ketones (excluding diaryl/α,β-unsaturated/α-hetero) is 1. The van der Waals surface area contributed by atoms with Gasteiger partial charge in [0.05, 0.1) is 48.8 Å².